The molecule has 11 heteroatoms. The third-order valence-electron chi connectivity index (χ3n) is 3.84. The minimum Gasteiger partial charge on any atom is -0.496 e. The average Bonchev–Trinajstić information content (AvgIpc) is 3.20. The first kappa shape index (κ1) is 22.9. The van der Waals surface area contributed by atoms with E-state index in [2.05, 4.69) is 20.7 Å². The molecule has 2 aromatic carbocycles. The first-order chi connectivity index (χ1) is 14.9. The number of aromatic nitrogens is 2. The number of nitrogens with one attached hydrogen (secondary N) is 1. The van der Waals surface area contributed by atoms with Gasteiger partial charge < -0.3 is 13.9 Å². The van der Waals surface area contributed by atoms with Crippen molar-refractivity contribution >= 4 is 47.1 Å². The Hall–Kier alpha value is -2.75. The molecule has 8 nitrogen and oxygen atoms in total. The number of rotatable bonds is 9. The summed E-state index contributed by atoms with van der Waals surface area (Å²) in [4.78, 5) is 12.0. The third kappa shape index (κ3) is 6.88. The van der Waals surface area contributed by atoms with Gasteiger partial charge in [-0.05, 0) is 54.4 Å². The molecule has 0 aliphatic rings. The molecule has 3 aromatic rings. The van der Waals surface area contributed by atoms with E-state index in [0.717, 1.165) is 28.6 Å². The highest BCUT2D eigenvalue weighted by Gasteiger charge is 2.11. The maximum absolute atomic E-state index is 12.0. The summed E-state index contributed by atoms with van der Waals surface area (Å²) in [6.45, 7) is 1.96. The zero-order chi connectivity index (χ0) is 22.2. The number of hydrazone groups is 1. The van der Waals surface area contributed by atoms with Gasteiger partial charge in [0.15, 0.2) is 6.61 Å². The van der Waals surface area contributed by atoms with E-state index >= 15 is 0 Å². The smallest absolute Gasteiger partial charge is 0.277 e. The van der Waals surface area contributed by atoms with Gasteiger partial charge in [0, 0.05) is 5.02 Å². The maximum atomic E-state index is 12.0. The standard InChI is InChI=1S/C20H18Cl2N4O4S/c1-12-7-13(3-5-16(12)28-2)9-23-24-18(27)11-31-20-26-25-19(30-20)10-29-17-6-4-14(21)8-15(17)22/h3-9H,10-11H2,1-2H3,(H,24,27)/b23-9-. The minimum absolute atomic E-state index is 0.0344. The van der Waals surface area contributed by atoms with Crippen molar-refractivity contribution in [3.05, 3.63) is 63.5 Å². The lowest BCUT2D eigenvalue weighted by Gasteiger charge is -2.05. The van der Waals surface area contributed by atoms with Crippen molar-refractivity contribution in [2.24, 2.45) is 5.10 Å². The highest BCUT2D eigenvalue weighted by atomic mass is 35.5. The Bertz CT molecular complexity index is 1090. The normalized spacial score (nSPS) is 11.0. The van der Waals surface area contributed by atoms with Crippen LogP contribution in [0, 0.1) is 6.92 Å². The number of methoxy groups -OCH3 is 1. The van der Waals surface area contributed by atoms with Crippen LogP contribution in [0.15, 0.2) is 51.1 Å². The Labute approximate surface area is 192 Å². The molecular formula is C20H18Cl2N4O4S. The van der Waals surface area contributed by atoms with Crippen LogP contribution in [0.25, 0.3) is 0 Å². The van der Waals surface area contributed by atoms with Crippen molar-refractivity contribution in [2.75, 3.05) is 12.9 Å². The molecule has 0 aliphatic carbocycles. The second-order valence-corrected chi connectivity index (χ2v) is 7.91. The van der Waals surface area contributed by atoms with E-state index in [1.165, 1.54) is 0 Å². The number of halogens is 2. The van der Waals surface area contributed by atoms with Gasteiger partial charge in [-0.2, -0.15) is 5.10 Å². The van der Waals surface area contributed by atoms with Crippen molar-refractivity contribution in [1.82, 2.24) is 15.6 Å². The monoisotopic (exact) mass is 480 g/mol. The largest absolute Gasteiger partial charge is 0.496 e. The van der Waals surface area contributed by atoms with Gasteiger partial charge >= 0.3 is 0 Å². The minimum atomic E-state index is -0.310. The molecule has 0 fully saturated rings. The van der Waals surface area contributed by atoms with Gasteiger partial charge in [0.2, 0.25) is 0 Å². The summed E-state index contributed by atoms with van der Waals surface area (Å²) >= 11 is 13.0. The molecule has 1 amide bonds. The first-order valence-electron chi connectivity index (χ1n) is 8.94. The molecule has 0 spiro atoms. The Balaban J connectivity index is 1.43. The van der Waals surface area contributed by atoms with Crippen LogP contribution in [0.4, 0.5) is 0 Å². The number of benzene rings is 2. The number of hydrogen-bond donors (Lipinski definition) is 1. The van der Waals surface area contributed by atoms with Crippen molar-refractivity contribution in [3.8, 4) is 11.5 Å². The Morgan fingerprint density at radius 3 is 2.77 bits per heavy atom. The van der Waals surface area contributed by atoms with Crippen LogP contribution in [0.1, 0.15) is 17.0 Å². The van der Waals surface area contributed by atoms with Crippen LogP contribution >= 0.6 is 35.0 Å². The summed E-state index contributed by atoms with van der Waals surface area (Å²) in [7, 11) is 1.61. The summed E-state index contributed by atoms with van der Waals surface area (Å²) in [6, 6.07) is 10.5. The number of thioether (sulfide) groups is 1. The Morgan fingerprint density at radius 1 is 1.23 bits per heavy atom. The molecule has 0 saturated heterocycles. The van der Waals surface area contributed by atoms with Gasteiger partial charge in [0.05, 0.1) is 24.1 Å². The van der Waals surface area contributed by atoms with Crippen molar-refractivity contribution < 1.29 is 18.7 Å². The quantitative estimate of drug-likeness (QED) is 0.273. The summed E-state index contributed by atoms with van der Waals surface area (Å²) in [5.74, 6) is 1.24. The predicted molar refractivity (Wildman–Crippen MR) is 119 cm³/mol. The van der Waals surface area contributed by atoms with Crippen LogP contribution in [-0.2, 0) is 11.4 Å². The van der Waals surface area contributed by atoms with Gasteiger partial charge in [-0.25, -0.2) is 5.43 Å². The number of carbonyl (C=O) groups excluding carboxylic acids is 1. The van der Waals surface area contributed by atoms with Crippen molar-refractivity contribution in [1.29, 1.82) is 0 Å². The van der Waals surface area contributed by atoms with E-state index in [1.54, 1.807) is 31.5 Å². The number of amides is 1. The molecular weight excluding hydrogens is 463 g/mol. The van der Waals surface area contributed by atoms with E-state index in [-0.39, 0.29) is 29.4 Å². The van der Waals surface area contributed by atoms with Crippen molar-refractivity contribution in [2.45, 2.75) is 18.8 Å². The number of nitrogens with zero attached hydrogens (tertiary/aromatic N) is 3. The molecule has 31 heavy (non-hydrogen) atoms. The number of aryl methyl sites for hydroxylation is 1. The summed E-state index contributed by atoms with van der Waals surface area (Å²) < 4.78 is 16.2. The van der Waals surface area contributed by atoms with Crippen LogP contribution in [-0.4, -0.2) is 35.2 Å². The molecule has 3 rings (SSSR count). The van der Waals surface area contributed by atoms with Gasteiger partial charge in [-0.1, -0.05) is 35.0 Å². The van der Waals surface area contributed by atoms with Gasteiger partial charge in [-0.3, -0.25) is 4.79 Å². The second kappa shape index (κ2) is 11.0. The maximum Gasteiger partial charge on any atom is 0.277 e. The van der Waals surface area contributed by atoms with Gasteiger partial charge in [-0.15, -0.1) is 10.2 Å². The molecule has 1 N–H and O–H groups in total. The van der Waals surface area contributed by atoms with E-state index in [1.807, 2.05) is 25.1 Å². The molecule has 0 bridgehead atoms. The Morgan fingerprint density at radius 2 is 2.03 bits per heavy atom. The Kier molecular flexibility index (Phi) is 8.16. The highest BCUT2D eigenvalue weighted by molar-refractivity contribution is 7.99. The van der Waals surface area contributed by atoms with E-state index in [0.29, 0.717) is 15.8 Å². The van der Waals surface area contributed by atoms with Gasteiger partial charge in [0.1, 0.15) is 11.5 Å². The molecule has 0 radical (unpaired) electrons. The van der Waals surface area contributed by atoms with Crippen LogP contribution < -0.4 is 14.9 Å². The second-order valence-electron chi connectivity index (χ2n) is 6.14. The molecule has 0 unspecified atom stereocenters. The van der Waals surface area contributed by atoms with E-state index in [9.17, 15) is 4.79 Å². The fourth-order valence-corrected chi connectivity index (χ4v) is 3.44. The van der Waals surface area contributed by atoms with Gasteiger partial charge in [0.25, 0.3) is 17.0 Å². The lowest BCUT2D eigenvalue weighted by atomic mass is 10.1. The van der Waals surface area contributed by atoms with E-state index in [4.69, 9.17) is 37.1 Å². The highest BCUT2D eigenvalue weighted by Crippen LogP contribution is 2.28. The van der Waals surface area contributed by atoms with Crippen LogP contribution in [0.2, 0.25) is 10.0 Å². The van der Waals surface area contributed by atoms with Crippen LogP contribution in [0.5, 0.6) is 11.5 Å². The number of ether oxygens (including phenoxy) is 2. The topological polar surface area (TPSA) is 98.8 Å². The van der Waals surface area contributed by atoms with Crippen molar-refractivity contribution in [3.63, 3.8) is 0 Å². The zero-order valence-electron chi connectivity index (χ0n) is 16.6. The first-order valence-corrected chi connectivity index (χ1v) is 10.7. The lowest BCUT2D eigenvalue weighted by Crippen LogP contribution is -2.19. The fourth-order valence-electron chi connectivity index (χ4n) is 2.41. The van der Waals surface area contributed by atoms with Crippen LogP contribution in [0.3, 0.4) is 0 Å². The zero-order valence-corrected chi connectivity index (χ0v) is 18.9. The molecule has 0 aliphatic heterocycles. The fraction of sp³-hybridized carbons (Fsp3) is 0.200. The number of carbonyl (C=O) groups is 1. The molecule has 0 saturated carbocycles. The number of hydrogen-bond acceptors (Lipinski definition) is 8. The molecule has 0 atom stereocenters. The summed E-state index contributed by atoms with van der Waals surface area (Å²) in [5, 5.41) is 12.8. The summed E-state index contributed by atoms with van der Waals surface area (Å²) in [5.41, 5.74) is 4.27. The SMILES string of the molecule is COc1ccc(/C=N\NC(=O)CSc2nnc(COc3ccc(Cl)cc3Cl)o2)cc1C. The molecule has 1 aromatic heterocycles. The average molecular weight is 481 g/mol. The summed E-state index contributed by atoms with van der Waals surface area (Å²) in [6.07, 6.45) is 1.55. The van der Waals surface area contributed by atoms with E-state index < -0.39 is 0 Å². The molecule has 162 valence electrons. The predicted octanol–water partition coefficient (Wildman–Crippen LogP) is 4.51. The molecule has 1 heterocycles. The lowest BCUT2D eigenvalue weighted by molar-refractivity contribution is -0.118. The third-order valence-corrected chi connectivity index (χ3v) is 5.19.